The van der Waals surface area contributed by atoms with E-state index in [1.807, 2.05) is 12.1 Å². The van der Waals surface area contributed by atoms with E-state index in [2.05, 4.69) is 0 Å². The fourth-order valence-electron chi connectivity index (χ4n) is 2.46. The molecule has 0 saturated carbocycles. The molecule has 1 aromatic rings. The van der Waals surface area contributed by atoms with Crippen molar-refractivity contribution in [2.45, 2.75) is 31.2 Å². The summed E-state index contributed by atoms with van der Waals surface area (Å²) >= 11 is 5.73. The molecule has 2 rings (SSSR count). The second-order valence-electron chi connectivity index (χ2n) is 4.86. The maximum Gasteiger partial charge on any atom is 0.328 e. The smallest absolute Gasteiger partial charge is 0.328 e. The van der Waals surface area contributed by atoms with Crippen molar-refractivity contribution in [1.29, 1.82) is 0 Å². The van der Waals surface area contributed by atoms with Gasteiger partial charge in [0.2, 0.25) is 0 Å². The average Bonchev–Trinajstić information content (AvgIpc) is 2.53. The number of halogens is 1. The molecule has 1 amide bonds. The van der Waals surface area contributed by atoms with Crippen molar-refractivity contribution in [2.24, 2.45) is 0 Å². The number of piperidine rings is 1. The summed E-state index contributed by atoms with van der Waals surface area (Å²) in [7, 11) is 1.36. The fourth-order valence-corrected chi connectivity index (χ4v) is 2.64. The van der Waals surface area contributed by atoms with Crippen molar-refractivity contribution >= 4 is 23.5 Å². The van der Waals surface area contributed by atoms with E-state index in [-0.39, 0.29) is 11.9 Å². The van der Waals surface area contributed by atoms with Gasteiger partial charge in [-0.1, -0.05) is 12.1 Å². The molecule has 0 bridgehead atoms. The van der Waals surface area contributed by atoms with Crippen molar-refractivity contribution in [3.8, 4) is 0 Å². The summed E-state index contributed by atoms with van der Waals surface area (Å²) in [6, 6.07) is 6.70. The zero-order valence-corrected chi connectivity index (χ0v) is 12.2. The Bertz CT molecular complexity index is 486. The van der Waals surface area contributed by atoms with E-state index in [1.165, 1.54) is 7.11 Å². The SMILES string of the molecule is COC(=O)C1CCCCN1C(=O)c1ccc(CCl)cc1. The Labute approximate surface area is 123 Å². The number of hydrogen-bond acceptors (Lipinski definition) is 3. The van der Waals surface area contributed by atoms with Crippen LogP contribution >= 0.6 is 11.6 Å². The van der Waals surface area contributed by atoms with Crippen molar-refractivity contribution in [1.82, 2.24) is 4.90 Å². The minimum atomic E-state index is -0.464. The summed E-state index contributed by atoms with van der Waals surface area (Å²) in [6.45, 7) is 0.593. The number of hydrogen-bond donors (Lipinski definition) is 0. The highest BCUT2D eigenvalue weighted by atomic mass is 35.5. The van der Waals surface area contributed by atoms with Crippen LogP contribution in [0.5, 0.6) is 0 Å². The molecule has 0 aliphatic carbocycles. The van der Waals surface area contributed by atoms with E-state index in [9.17, 15) is 9.59 Å². The van der Waals surface area contributed by atoms with Gasteiger partial charge in [-0.15, -0.1) is 11.6 Å². The molecule has 1 saturated heterocycles. The molecule has 5 heteroatoms. The predicted molar refractivity (Wildman–Crippen MR) is 76.7 cm³/mol. The first-order valence-corrected chi connectivity index (χ1v) is 7.24. The van der Waals surface area contributed by atoms with E-state index in [0.29, 0.717) is 24.4 Å². The summed E-state index contributed by atoms with van der Waals surface area (Å²) < 4.78 is 4.79. The molecule has 108 valence electrons. The third-order valence-corrected chi connectivity index (χ3v) is 3.90. The van der Waals surface area contributed by atoms with Crippen molar-refractivity contribution in [3.63, 3.8) is 0 Å². The van der Waals surface area contributed by atoms with Gasteiger partial charge in [-0.2, -0.15) is 0 Å². The first-order chi connectivity index (χ1) is 9.67. The molecule has 0 aromatic heterocycles. The summed E-state index contributed by atoms with van der Waals surface area (Å²) in [5.74, 6) is -0.0418. The first kappa shape index (κ1) is 14.9. The molecule has 1 aliphatic heterocycles. The van der Waals surface area contributed by atoms with Crippen LogP contribution in [0.2, 0.25) is 0 Å². The fraction of sp³-hybridized carbons (Fsp3) is 0.467. The zero-order valence-electron chi connectivity index (χ0n) is 11.5. The van der Waals surface area contributed by atoms with Crippen LogP contribution in [0.1, 0.15) is 35.2 Å². The van der Waals surface area contributed by atoms with E-state index >= 15 is 0 Å². The van der Waals surface area contributed by atoms with Gasteiger partial charge < -0.3 is 9.64 Å². The number of ether oxygens (including phenoxy) is 1. The number of carbonyl (C=O) groups excluding carboxylic acids is 2. The topological polar surface area (TPSA) is 46.6 Å². The van der Waals surface area contributed by atoms with Gasteiger partial charge in [0.1, 0.15) is 6.04 Å². The van der Waals surface area contributed by atoms with E-state index in [0.717, 1.165) is 18.4 Å². The number of likely N-dealkylation sites (tertiary alicyclic amines) is 1. The molecule has 0 N–H and O–H groups in total. The Balaban J connectivity index is 2.18. The molecular formula is C15H18ClNO3. The number of methoxy groups -OCH3 is 1. The summed E-state index contributed by atoms with van der Waals surface area (Å²) in [4.78, 5) is 25.9. The van der Waals surface area contributed by atoms with E-state index in [4.69, 9.17) is 16.3 Å². The number of benzene rings is 1. The monoisotopic (exact) mass is 295 g/mol. The van der Waals surface area contributed by atoms with Crippen LogP contribution in [0.15, 0.2) is 24.3 Å². The molecular weight excluding hydrogens is 278 g/mol. The van der Waals surface area contributed by atoms with Crippen LogP contribution in [0.3, 0.4) is 0 Å². The van der Waals surface area contributed by atoms with Gasteiger partial charge in [0.05, 0.1) is 7.11 Å². The molecule has 1 fully saturated rings. The summed E-state index contributed by atoms with van der Waals surface area (Å²) in [5.41, 5.74) is 1.54. The first-order valence-electron chi connectivity index (χ1n) is 6.71. The van der Waals surface area contributed by atoms with Crippen molar-refractivity contribution in [2.75, 3.05) is 13.7 Å². The number of amides is 1. The highest BCUT2D eigenvalue weighted by Gasteiger charge is 2.33. The normalized spacial score (nSPS) is 18.7. The Kier molecular flexibility index (Phi) is 5.01. The quantitative estimate of drug-likeness (QED) is 0.636. The molecule has 1 aliphatic rings. The number of alkyl halides is 1. The van der Waals surface area contributed by atoms with Crippen LogP contribution in [-0.2, 0) is 15.4 Å². The van der Waals surface area contributed by atoms with Crippen molar-refractivity contribution < 1.29 is 14.3 Å². The number of esters is 1. The number of rotatable bonds is 3. The van der Waals surface area contributed by atoms with Gasteiger partial charge >= 0.3 is 5.97 Å². The lowest BCUT2D eigenvalue weighted by molar-refractivity contribution is -0.147. The lowest BCUT2D eigenvalue weighted by Gasteiger charge is -2.33. The lowest BCUT2D eigenvalue weighted by Crippen LogP contribution is -2.48. The largest absolute Gasteiger partial charge is 0.467 e. The van der Waals surface area contributed by atoms with Crippen LogP contribution in [0, 0.1) is 0 Å². The van der Waals surface area contributed by atoms with Gasteiger partial charge in [-0.05, 0) is 37.0 Å². The third kappa shape index (κ3) is 3.12. The van der Waals surface area contributed by atoms with Gasteiger partial charge in [0.15, 0.2) is 0 Å². The Morgan fingerprint density at radius 3 is 2.60 bits per heavy atom. The van der Waals surface area contributed by atoms with E-state index < -0.39 is 6.04 Å². The number of carbonyl (C=O) groups is 2. The van der Waals surface area contributed by atoms with E-state index in [1.54, 1.807) is 17.0 Å². The summed E-state index contributed by atoms with van der Waals surface area (Å²) in [6.07, 6.45) is 2.52. The Morgan fingerprint density at radius 1 is 1.30 bits per heavy atom. The van der Waals surface area contributed by atoms with Crippen LogP contribution in [0.4, 0.5) is 0 Å². The second-order valence-corrected chi connectivity index (χ2v) is 5.13. The second kappa shape index (κ2) is 6.75. The Morgan fingerprint density at radius 2 is 2.00 bits per heavy atom. The molecule has 4 nitrogen and oxygen atoms in total. The van der Waals surface area contributed by atoms with Crippen LogP contribution in [0.25, 0.3) is 0 Å². The van der Waals surface area contributed by atoms with Gasteiger partial charge in [0, 0.05) is 18.0 Å². The van der Waals surface area contributed by atoms with Crippen LogP contribution < -0.4 is 0 Å². The highest BCUT2D eigenvalue weighted by molar-refractivity contribution is 6.17. The molecule has 0 radical (unpaired) electrons. The van der Waals surface area contributed by atoms with Gasteiger partial charge in [-0.3, -0.25) is 4.79 Å². The molecule has 1 heterocycles. The third-order valence-electron chi connectivity index (χ3n) is 3.59. The molecule has 1 unspecified atom stereocenters. The number of nitrogens with zero attached hydrogens (tertiary/aromatic N) is 1. The minimum absolute atomic E-state index is 0.124. The highest BCUT2D eigenvalue weighted by Crippen LogP contribution is 2.21. The standard InChI is InChI=1S/C15H18ClNO3/c1-20-15(19)13-4-2-3-9-17(13)14(18)12-7-5-11(10-16)6-8-12/h5-8,13H,2-4,9-10H2,1H3. The Hall–Kier alpha value is -1.55. The lowest BCUT2D eigenvalue weighted by atomic mass is 10.0. The van der Waals surface area contributed by atoms with Crippen molar-refractivity contribution in [3.05, 3.63) is 35.4 Å². The zero-order chi connectivity index (χ0) is 14.5. The van der Waals surface area contributed by atoms with Gasteiger partial charge in [0.25, 0.3) is 5.91 Å². The minimum Gasteiger partial charge on any atom is -0.467 e. The molecule has 1 aromatic carbocycles. The molecule has 0 spiro atoms. The van der Waals surface area contributed by atoms with Gasteiger partial charge in [-0.25, -0.2) is 4.79 Å². The maximum atomic E-state index is 12.5. The summed E-state index contributed by atoms with van der Waals surface area (Å²) in [5, 5.41) is 0. The molecule has 20 heavy (non-hydrogen) atoms. The average molecular weight is 296 g/mol. The maximum absolute atomic E-state index is 12.5. The molecule has 1 atom stereocenters. The predicted octanol–water partition coefficient (Wildman–Crippen LogP) is 2.59. The van der Waals surface area contributed by atoms with Crippen LogP contribution in [-0.4, -0.2) is 36.5 Å².